The van der Waals surface area contributed by atoms with Gasteiger partial charge in [0.05, 0.1) is 24.8 Å². The fourth-order valence-electron chi connectivity index (χ4n) is 3.53. The lowest BCUT2D eigenvalue weighted by Crippen LogP contribution is -2.67. The van der Waals surface area contributed by atoms with Gasteiger partial charge in [-0.25, -0.2) is 0 Å². The minimum atomic E-state index is -0.354. The van der Waals surface area contributed by atoms with Crippen LogP contribution in [0.2, 0.25) is 0 Å². The SMILES string of the molecule is CC(C)N1C(=O)CN(C(=O)[C@H]2NCCO[C@@H]2C)CC1(C)C. The van der Waals surface area contributed by atoms with Crippen LogP contribution in [-0.2, 0) is 14.3 Å². The van der Waals surface area contributed by atoms with Crippen molar-refractivity contribution in [1.29, 1.82) is 0 Å². The summed E-state index contributed by atoms with van der Waals surface area (Å²) in [4.78, 5) is 28.6. The van der Waals surface area contributed by atoms with Gasteiger partial charge in [-0.15, -0.1) is 0 Å². The van der Waals surface area contributed by atoms with Crippen LogP contribution in [0.1, 0.15) is 34.6 Å². The van der Waals surface area contributed by atoms with E-state index in [1.165, 1.54) is 0 Å². The standard InChI is InChI=1S/C15H27N3O3/c1-10(2)18-12(19)8-17(9-15(18,4)5)14(20)13-11(3)21-7-6-16-13/h10-11,13,16H,6-9H2,1-5H3/t11-,13+/m1/s1. The molecule has 21 heavy (non-hydrogen) atoms. The predicted octanol–water partition coefficient (Wildman–Crippen LogP) is 0.221. The van der Waals surface area contributed by atoms with E-state index in [-0.39, 0.29) is 42.1 Å². The van der Waals surface area contributed by atoms with Crippen LogP contribution in [0, 0.1) is 0 Å². The highest BCUT2D eigenvalue weighted by Crippen LogP contribution is 2.25. The molecule has 6 heteroatoms. The molecule has 2 fully saturated rings. The molecule has 120 valence electrons. The molecule has 0 saturated carbocycles. The maximum absolute atomic E-state index is 12.7. The summed E-state index contributed by atoms with van der Waals surface area (Å²) in [5, 5.41) is 3.20. The van der Waals surface area contributed by atoms with E-state index in [0.29, 0.717) is 19.7 Å². The van der Waals surface area contributed by atoms with Gasteiger partial charge in [0, 0.05) is 19.1 Å². The van der Waals surface area contributed by atoms with Crippen LogP contribution >= 0.6 is 0 Å². The Hall–Kier alpha value is -1.14. The fraction of sp³-hybridized carbons (Fsp3) is 0.867. The third-order valence-corrected chi connectivity index (χ3v) is 4.24. The van der Waals surface area contributed by atoms with E-state index in [9.17, 15) is 9.59 Å². The zero-order valence-electron chi connectivity index (χ0n) is 13.7. The summed E-state index contributed by atoms with van der Waals surface area (Å²) in [5.74, 6) is -0.0222. The smallest absolute Gasteiger partial charge is 0.242 e. The van der Waals surface area contributed by atoms with Gasteiger partial charge >= 0.3 is 0 Å². The lowest BCUT2D eigenvalue weighted by molar-refractivity contribution is -0.159. The third-order valence-electron chi connectivity index (χ3n) is 4.24. The Morgan fingerprint density at radius 2 is 2.10 bits per heavy atom. The quantitative estimate of drug-likeness (QED) is 0.792. The number of rotatable bonds is 2. The topological polar surface area (TPSA) is 61.9 Å². The summed E-state index contributed by atoms with van der Waals surface area (Å²) < 4.78 is 5.54. The number of carbonyl (C=O) groups is 2. The van der Waals surface area contributed by atoms with Crippen molar-refractivity contribution in [3.63, 3.8) is 0 Å². The number of nitrogens with zero attached hydrogens (tertiary/aromatic N) is 2. The monoisotopic (exact) mass is 297 g/mol. The summed E-state index contributed by atoms with van der Waals surface area (Å²) >= 11 is 0. The molecule has 0 aromatic heterocycles. The Balaban J connectivity index is 2.12. The number of amides is 2. The Morgan fingerprint density at radius 3 is 2.62 bits per heavy atom. The molecule has 2 aliphatic rings. The molecule has 6 nitrogen and oxygen atoms in total. The Bertz CT molecular complexity index is 422. The van der Waals surface area contributed by atoms with Crippen LogP contribution in [-0.4, -0.2) is 71.6 Å². The zero-order chi connectivity index (χ0) is 15.8. The molecule has 0 aliphatic carbocycles. The number of hydrogen-bond acceptors (Lipinski definition) is 4. The number of hydrogen-bond donors (Lipinski definition) is 1. The highest BCUT2D eigenvalue weighted by atomic mass is 16.5. The van der Waals surface area contributed by atoms with Gasteiger partial charge in [-0.2, -0.15) is 0 Å². The van der Waals surface area contributed by atoms with Gasteiger partial charge < -0.3 is 19.9 Å². The van der Waals surface area contributed by atoms with Crippen molar-refractivity contribution >= 4 is 11.8 Å². The van der Waals surface area contributed by atoms with Crippen LogP contribution in [0.4, 0.5) is 0 Å². The first-order valence-corrected chi connectivity index (χ1v) is 7.70. The Morgan fingerprint density at radius 1 is 1.43 bits per heavy atom. The molecule has 0 aromatic rings. The average molecular weight is 297 g/mol. The summed E-state index contributed by atoms with van der Waals surface area (Å²) in [6.45, 7) is 11.9. The third kappa shape index (κ3) is 3.21. The first-order valence-electron chi connectivity index (χ1n) is 7.70. The molecule has 0 spiro atoms. The number of piperazine rings is 1. The van der Waals surface area contributed by atoms with E-state index in [0.717, 1.165) is 0 Å². The van der Waals surface area contributed by atoms with Crippen molar-refractivity contribution in [3.05, 3.63) is 0 Å². The molecule has 2 saturated heterocycles. The minimum Gasteiger partial charge on any atom is -0.375 e. The Kier molecular flexibility index (Phi) is 4.58. The van der Waals surface area contributed by atoms with Crippen molar-refractivity contribution in [2.24, 2.45) is 0 Å². The summed E-state index contributed by atoms with van der Waals surface area (Å²) in [6.07, 6.45) is -0.160. The number of morpholine rings is 1. The second-order valence-electron chi connectivity index (χ2n) is 6.87. The maximum atomic E-state index is 12.7. The summed E-state index contributed by atoms with van der Waals surface area (Å²) in [5.41, 5.74) is -0.349. The molecule has 2 rings (SSSR count). The van der Waals surface area contributed by atoms with Crippen LogP contribution in [0.25, 0.3) is 0 Å². The van der Waals surface area contributed by atoms with Crippen LogP contribution < -0.4 is 5.32 Å². The van der Waals surface area contributed by atoms with E-state index >= 15 is 0 Å². The molecule has 2 atom stereocenters. The molecule has 2 aliphatic heterocycles. The highest BCUT2D eigenvalue weighted by Gasteiger charge is 2.43. The van der Waals surface area contributed by atoms with E-state index in [4.69, 9.17) is 4.74 Å². The second kappa shape index (κ2) is 5.93. The molecule has 1 N–H and O–H groups in total. The molecule has 2 amide bonds. The first-order chi connectivity index (χ1) is 9.74. The molecule has 0 aromatic carbocycles. The minimum absolute atomic E-state index is 0.0129. The van der Waals surface area contributed by atoms with E-state index in [1.54, 1.807) is 4.90 Å². The van der Waals surface area contributed by atoms with Crippen molar-refractivity contribution < 1.29 is 14.3 Å². The largest absolute Gasteiger partial charge is 0.375 e. The molecular formula is C15H27N3O3. The molecular weight excluding hydrogens is 270 g/mol. The van der Waals surface area contributed by atoms with Gasteiger partial charge in [-0.1, -0.05) is 0 Å². The number of ether oxygens (including phenoxy) is 1. The lowest BCUT2D eigenvalue weighted by Gasteiger charge is -2.49. The van der Waals surface area contributed by atoms with Gasteiger partial charge in [-0.3, -0.25) is 9.59 Å². The normalized spacial score (nSPS) is 29.9. The molecule has 2 heterocycles. The van der Waals surface area contributed by atoms with Gasteiger partial charge in [0.25, 0.3) is 0 Å². The first kappa shape index (κ1) is 16.2. The van der Waals surface area contributed by atoms with E-state index < -0.39 is 0 Å². The average Bonchev–Trinajstić information content (AvgIpc) is 2.36. The molecule has 0 unspecified atom stereocenters. The summed E-state index contributed by atoms with van der Waals surface area (Å²) in [7, 11) is 0. The lowest BCUT2D eigenvalue weighted by atomic mass is 9.95. The second-order valence-corrected chi connectivity index (χ2v) is 6.87. The predicted molar refractivity (Wildman–Crippen MR) is 79.8 cm³/mol. The van der Waals surface area contributed by atoms with Gasteiger partial charge in [-0.05, 0) is 34.6 Å². The maximum Gasteiger partial charge on any atom is 0.242 e. The number of carbonyl (C=O) groups excluding carboxylic acids is 2. The number of nitrogens with one attached hydrogen (secondary N) is 1. The van der Waals surface area contributed by atoms with Crippen molar-refractivity contribution in [2.75, 3.05) is 26.2 Å². The van der Waals surface area contributed by atoms with E-state index in [2.05, 4.69) is 5.32 Å². The van der Waals surface area contributed by atoms with E-state index in [1.807, 2.05) is 39.5 Å². The Labute approximate surface area is 126 Å². The van der Waals surface area contributed by atoms with Crippen LogP contribution in [0.3, 0.4) is 0 Å². The van der Waals surface area contributed by atoms with Crippen molar-refractivity contribution in [1.82, 2.24) is 15.1 Å². The summed E-state index contributed by atoms with van der Waals surface area (Å²) in [6, 6.07) is -0.215. The van der Waals surface area contributed by atoms with Gasteiger partial charge in [0.2, 0.25) is 11.8 Å². The van der Waals surface area contributed by atoms with Gasteiger partial charge in [0.15, 0.2) is 0 Å². The zero-order valence-corrected chi connectivity index (χ0v) is 13.7. The molecule has 0 radical (unpaired) electrons. The van der Waals surface area contributed by atoms with Crippen LogP contribution in [0.15, 0.2) is 0 Å². The fourth-order valence-corrected chi connectivity index (χ4v) is 3.53. The molecule has 0 bridgehead atoms. The van der Waals surface area contributed by atoms with Crippen molar-refractivity contribution in [3.8, 4) is 0 Å². The van der Waals surface area contributed by atoms with Crippen molar-refractivity contribution in [2.45, 2.75) is 58.3 Å². The van der Waals surface area contributed by atoms with Gasteiger partial charge in [0.1, 0.15) is 6.04 Å². The van der Waals surface area contributed by atoms with Crippen LogP contribution in [0.5, 0.6) is 0 Å². The highest BCUT2D eigenvalue weighted by molar-refractivity contribution is 5.89.